The maximum absolute atomic E-state index is 12.2. The van der Waals surface area contributed by atoms with Crippen LogP contribution >= 0.6 is 35.3 Å². The van der Waals surface area contributed by atoms with E-state index in [1.165, 1.54) is 11.3 Å². The maximum Gasteiger partial charge on any atom is 0.273 e. The monoisotopic (exact) mass is 345 g/mol. The van der Waals surface area contributed by atoms with Gasteiger partial charge in [-0.3, -0.25) is 4.79 Å². The molecule has 0 radical (unpaired) electrons. The molecule has 2 rings (SSSR count). The van der Waals surface area contributed by atoms with Crippen LogP contribution in [-0.4, -0.2) is 43.0 Å². The van der Waals surface area contributed by atoms with Gasteiger partial charge in [-0.05, 0) is 13.1 Å². The van der Waals surface area contributed by atoms with Crippen molar-refractivity contribution in [1.29, 1.82) is 0 Å². The van der Waals surface area contributed by atoms with Crippen molar-refractivity contribution in [2.24, 2.45) is 0 Å². The predicted octanol–water partition coefficient (Wildman–Crippen LogP) is 3.18. The van der Waals surface area contributed by atoms with Gasteiger partial charge in [0.1, 0.15) is 10.7 Å². The molecule has 21 heavy (non-hydrogen) atoms. The van der Waals surface area contributed by atoms with E-state index in [4.69, 9.17) is 11.6 Å². The Morgan fingerprint density at radius 2 is 2.14 bits per heavy atom. The fraction of sp³-hybridized carbons (Fsp3) is 0.286. The van der Waals surface area contributed by atoms with Gasteiger partial charge in [0, 0.05) is 31.1 Å². The summed E-state index contributed by atoms with van der Waals surface area (Å²) in [6.45, 7) is 1.40. The average Bonchev–Trinajstić information content (AvgIpc) is 2.94. The molecule has 0 unspecified atom stereocenters. The fourth-order valence-corrected chi connectivity index (χ4v) is 2.82. The van der Waals surface area contributed by atoms with Crippen LogP contribution in [-0.2, 0) is 0 Å². The van der Waals surface area contributed by atoms with Gasteiger partial charge in [-0.15, -0.1) is 23.7 Å². The van der Waals surface area contributed by atoms with Crippen LogP contribution in [0.5, 0.6) is 0 Å². The summed E-state index contributed by atoms with van der Waals surface area (Å²) in [5.74, 6) is -0.0743. The molecule has 0 saturated carbocycles. The van der Waals surface area contributed by atoms with E-state index in [2.05, 4.69) is 10.3 Å². The van der Waals surface area contributed by atoms with E-state index < -0.39 is 0 Å². The van der Waals surface area contributed by atoms with Crippen LogP contribution in [0.4, 0.5) is 0 Å². The zero-order valence-electron chi connectivity index (χ0n) is 11.8. The van der Waals surface area contributed by atoms with Crippen molar-refractivity contribution in [2.75, 3.05) is 27.2 Å². The third-order valence-electron chi connectivity index (χ3n) is 2.87. The summed E-state index contributed by atoms with van der Waals surface area (Å²) in [5, 5.41) is 6.20. The van der Waals surface area contributed by atoms with E-state index in [-0.39, 0.29) is 18.3 Å². The minimum absolute atomic E-state index is 0. The Balaban J connectivity index is 0.00000220. The summed E-state index contributed by atoms with van der Waals surface area (Å²) < 4.78 is 0. The maximum atomic E-state index is 12.2. The minimum atomic E-state index is -0.0743. The van der Waals surface area contributed by atoms with Gasteiger partial charge in [0.2, 0.25) is 0 Å². The van der Waals surface area contributed by atoms with Crippen LogP contribution in [0.3, 0.4) is 0 Å². The number of aromatic nitrogens is 1. The lowest BCUT2D eigenvalue weighted by atomic mass is 10.2. The number of amides is 1. The first kappa shape index (κ1) is 17.9. The Kier molecular flexibility index (Phi) is 7.11. The van der Waals surface area contributed by atoms with Crippen LogP contribution in [0.2, 0.25) is 5.02 Å². The number of hydrogen-bond acceptors (Lipinski definition) is 4. The van der Waals surface area contributed by atoms with E-state index in [0.717, 1.165) is 17.1 Å². The highest BCUT2D eigenvalue weighted by atomic mass is 35.5. The van der Waals surface area contributed by atoms with E-state index in [9.17, 15) is 4.79 Å². The minimum Gasteiger partial charge on any atom is -0.339 e. The number of halogens is 2. The molecule has 0 atom stereocenters. The first-order chi connectivity index (χ1) is 9.63. The molecule has 0 aliphatic heterocycles. The Labute approximate surface area is 139 Å². The second kappa shape index (κ2) is 8.34. The lowest BCUT2D eigenvalue weighted by molar-refractivity contribution is 0.0792. The molecule has 1 aromatic carbocycles. The van der Waals surface area contributed by atoms with Crippen molar-refractivity contribution < 1.29 is 4.79 Å². The quantitative estimate of drug-likeness (QED) is 0.905. The van der Waals surface area contributed by atoms with Gasteiger partial charge in [-0.2, -0.15) is 0 Å². The lowest BCUT2D eigenvalue weighted by Gasteiger charge is -2.15. The zero-order chi connectivity index (χ0) is 14.5. The highest BCUT2D eigenvalue weighted by Crippen LogP contribution is 2.30. The molecule has 0 fully saturated rings. The third kappa shape index (κ3) is 4.41. The zero-order valence-corrected chi connectivity index (χ0v) is 14.2. The largest absolute Gasteiger partial charge is 0.339 e. The molecule has 0 aliphatic carbocycles. The molecule has 0 saturated heterocycles. The highest BCUT2D eigenvalue weighted by molar-refractivity contribution is 7.13. The number of benzene rings is 1. The van der Waals surface area contributed by atoms with Crippen molar-refractivity contribution >= 4 is 41.3 Å². The number of nitrogens with zero attached hydrogens (tertiary/aromatic N) is 2. The van der Waals surface area contributed by atoms with Crippen molar-refractivity contribution in [3.8, 4) is 10.6 Å². The Bertz CT molecular complexity index is 603. The van der Waals surface area contributed by atoms with Crippen LogP contribution in [0.25, 0.3) is 10.6 Å². The first-order valence-corrected chi connectivity index (χ1v) is 7.49. The van der Waals surface area contributed by atoms with Crippen LogP contribution < -0.4 is 5.32 Å². The predicted molar refractivity (Wildman–Crippen MR) is 90.7 cm³/mol. The summed E-state index contributed by atoms with van der Waals surface area (Å²) in [6.07, 6.45) is 0. The number of carbonyl (C=O) groups excluding carboxylic acids is 1. The highest BCUT2D eigenvalue weighted by Gasteiger charge is 2.16. The van der Waals surface area contributed by atoms with Gasteiger partial charge in [0.05, 0.1) is 5.02 Å². The third-order valence-corrected chi connectivity index (χ3v) is 4.08. The van der Waals surface area contributed by atoms with Crippen molar-refractivity contribution in [3.63, 3.8) is 0 Å². The van der Waals surface area contributed by atoms with Crippen molar-refractivity contribution in [1.82, 2.24) is 15.2 Å². The van der Waals surface area contributed by atoms with Crippen LogP contribution in [0.15, 0.2) is 29.6 Å². The van der Waals surface area contributed by atoms with E-state index >= 15 is 0 Å². The van der Waals surface area contributed by atoms with E-state index in [1.807, 2.05) is 31.3 Å². The summed E-state index contributed by atoms with van der Waals surface area (Å²) in [5.41, 5.74) is 1.32. The fourth-order valence-electron chi connectivity index (χ4n) is 1.71. The van der Waals surface area contributed by atoms with Gasteiger partial charge in [-0.25, -0.2) is 4.98 Å². The smallest absolute Gasteiger partial charge is 0.273 e. The Morgan fingerprint density at radius 3 is 2.81 bits per heavy atom. The Hall–Kier alpha value is -1.14. The molecular weight excluding hydrogens is 329 g/mol. The number of hydrogen-bond donors (Lipinski definition) is 1. The molecule has 0 spiro atoms. The average molecular weight is 346 g/mol. The van der Waals surface area contributed by atoms with Crippen molar-refractivity contribution in [3.05, 3.63) is 40.4 Å². The van der Waals surface area contributed by atoms with Crippen LogP contribution in [0, 0.1) is 0 Å². The molecule has 2 aromatic rings. The number of likely N-dealkylation sites (N-methyl/N-ethyl adjacent to an activating group) is 2. The van der Waals surface area contributed by atoms with Gasteiger partial charge in [0.15, 0.2) is 0 Å². The molecule has 4 nitrogen and oxygen atoms in total. The van der Waals surface area contributed by atoms with Gasteiger partial charge in [-0.1, -0.05) is 29.8 Å². The van der Waals surface area contributed by atoms with E-state index in [0.29, 0.717) is 17.3 Å². The second-order valence-electron chi connectivity index (χ2n) is 4.35. The molecule has 1 aromatic heterocycles. The summed E-state index contributed by atoms with van der Waals surface area (Å²) in [4.78, 5) is 18.2. The molecule has 1 amide bonds. The first-order valence-electron chi connectivity index (χ1n) is 6.24. The molecule has 0 bridgehead atoms. The summed E-state index contributed by atoms with van der Waals surface area (Å²) >= 11 is 7.57. The number of rotatable bonds is 5. The van der Waals surface area contributed by atoms with Gasteiger partial charge in [0.25, 0.3) is 5.91 Å². The SMILES string of the molecule is CNCCN(C)C(=O)c1csc(-c2ccccc2Cl)n1.Cl. The Morgan fingerprint density at radius 1 is 1.43 bits per heavy atom. The second-order valence-corrected chi connectivity index (χ2v) is 5.61. The van der Waals surface area contributed by atoms with Gasteiger partial charge < -0.3 is 10.2 Å². The number of carbonyl (C=O) groups is 1. The molecular formula is C14H17Cl2N3OS. The summed E-state index contributed by atoms with van der Waals surface area (Å²) in [6, 6.07) is 7.50. The van der Waals surface area contributed by atoms with E-state index in [1.54, 1.807) is 17.3 Å². The van der Waals surface area contributed by atoms with Crippen molar-refractivity contribution in [2.45, 2.75) is 0 Å². The number of thiazole rings is 1. The summed E-state index contributed by atoms with van der Waals surface area (Å²) in [7, 11) is 3.63. The lowest BCUT2D eigenvalue weighted by Crippen LogP contribution is -2.32. The molecule has 0 aliphatic rings. The number of nitrogens with one attached hydrogen (secondary N) is 1. The van der Waals surface area contributed by atoms with Crippen LogP contribution in [0.1, 0.15) is 10.5 Å². The molecule has 1 N–H and O–H groups in total. The topological polar surface area (TPSA) is 45.2 Å². The molecule has 114 valence electrons. The molecule has 1 heterocycles. The standard InChI is InChI=1S/C14H16ClN3OS.ClH/c1-16-7-8-18(2)14(19)12-9-20-13(17-12)10-5-3-4-6-11(10)15;/h3-6,9,16H,7-8H2,1-2H3;1H. The molecule has 7 heteroatoms. The normalized spacial score (nSPS) is 10.0. The van der Waals surface area contributed by atoms with Gasteiger partial charge >= 0.3 is 0 Å².